The standard InChI is InChI=1S/C18H23N3O3/c1-12-10-15(20-19-12)13-6-5-9-21(11-13)18(22)14-7-4-8-16(23-2)17(14)24-3/h4,7-8,10,13H,5-6,9,11H2,1-3H3,(H,19,20)/t13-/m1/s1. The van der Waals surface area contributed by atoms with E-state index in [0.29, 0.717) is 23.6 Å². The zero-order valence-corrected chi connectivity index (χ0v) is 14.3. The monoisotopic (exact) mass is 329 g/mol. The fraction of sp³-hybridized carbons (Fsp3) is 0.444. The molecular weight excluding hydrogens is 306 g/mol. The van der Waals surface area contributed by atoms with Gasteiger partial charge in [-0.05, 0) is 38.0 Å². The molecule has 24 heavy (non-hydrogen) atoms. The first-order chi connectivity index (χ1) is 11.6. The molecule has 0 saturated carbocycles. The van der Waals surface area contributed by atoms with E-state index < -0.39 is 0 Å². The summed E-state index contributed by atoms with van der Waals surface area (Å²) < 4.78 is 10.7. The largest absolute Gasteiger partial charge is 0.493 e. The van der Waals surface area contributed by atoms with Gasteiger partial charge < -0.3 is 14.4 Å². The lowest BCUT2D eigenvalue weighted by molar-refractivity contribution is 0.0702. The van der Waals surface area contributed by atoms with Crippen LogP contribution < -0.4 is 9.47 Å². The number of nitrogens with zero attached hydrogens (tertiary/aromatic N) is 2. The van der Waals surface area contributed by atoms with Crippen molar-refractivity contribution in [1.29, 1.82) is 0 Å². The Bertz CT molecular complexity index is 726. The molecule has 2 heterocycles. The predicted octanol–water partition coefficient (Wildman–Crippen LogP) is 2.76. The van der Waals surface area contributed by atoms with E-state index in [1.54, 1.807) is 26.4 Å². The number of carbonyl (C=O) groups excluding carboxylic acids is 1. The maximum Gasteiger partial charge on any atom is 0.257 e. The average molecular weight is 329 g/mol. The van der Waals surface area contributed by atoms with Crippen LogP contribution in [0.4, 0.5) is 0 Å². The van der Waals surface area contributed by atoms with Gasteiger partial charge in [0.2, 0.25) is 0 Å². The second-order valence-electron chi connectivity index (χ2n) is 6.11. The molecule has 2 aromatic rings. The van der Waals surface area contributed by atoms with Crippen LogP contribution in [0.3, 0.4) is 0 Å². The van der Waals surface area contributed by atoms with E-state index in [0.717, 1.165) is 30.8 Å². The highest BCUT2D eigenvalue weighted by atomic mass is 16.5. The first-order valence-corrected chi connectivity index (χ1v) is 8.16. The van der Waals surface area contributed by atoms with Crippen molar-refractivity contribution in [3.05, 3.63) is 41.2 Å². The number of aryl methyl sites for hydroxylation is 1. The molecule has 6 nitrogen and oxygen atoms in total. The van der Waals surface area contributed by atoms with Crippen LogP contribution in [0.15, 0.2) is 24.3 Å². The smallest absolute Gasteiger partial charge is 0.257 e. The number of amides is 1. The second kappa shape index (κ2) is 6.95. The highest BCUT2D eigenvalue weighted by Gasteiger charge is 2.29. The van der Waals surface area contributed by atoms with Crippen molar-refractivity contribution in [3.63, 3.8) is 0 Å². The SMILES string of the molecule is COc1cccc(C(=O)N2CCC[C@@H](c3cc(C)[nH]n3)C2)c1OC. The fourth-order valence-corrected chi connectivity index (χ4v) is 3.28. The quantitative estimate of drug-likeness (QED) is 0.936. The van der Waals surface area contributed by atoms with E-state index in [1.807, 2.05) is 17.9 Å². The summed E-state index contributed by atoms with van der Waals surface area (Å²) in [6.07, 6.45) is 2.01. The summed E-state index contributed by atoms with van der Waals surface area (Å²) in [6.45, 7) is 3.41. The van der Waals surface area contributed by atoms with Gasteiger partial charge in [0.25, 0.3) is 5.91 Å². The molecule has 3 rings (SSSR count). The molecule has 1 aliphatic rings. The third kappa shape index (κ3) is 3.09. The Kier molecular flexibility index (Phi) is 4.74. The number of methoxy groups -OCH3 is 2. The molecule has 1 amide bonds. The van der Waals surface area contributed by atoms with Crippen molar-refractivity contribution >= 4 is 5.91 Å². The van der Waals surface area contributed by atoms with Crippen molar-refractivity contribution in [3.8, 4) is 11.5 Å². The molecule has 0 aliphatic carbocycles. The number of para-hydroxylation sites is 1. The van der Waals surface area contributed by atoms with E-state index in [4.69, 9.17) is 9.47 Å². The van der Waals surface area contributed by atoms with Gasteiger partial charge in [-0.1, -0.05) is 6.07 Å². The van der Waals surface area contributed by atoms with Crippen LogP contribution in [0.1, 0.15) is 40.5 Å². The molecule has 6 heteroatoms. The van der Waals surface area contributed by atoms with Crippen LogP contribution in [0.5, 0.6) is 11.5 Å². The van der Waals surface area contributed by atoms with Crippen molar-refractivity contribution in [2.24, 2.45) is 0 Å². The minimum atomic E-state index is -0.0253. The molecule has 1 aromatic carbocycles. The number of hydrogen-bond donors (Lipinski definition) is 1. The Labute approximate surface area is 141 Å². The topological polar surface area (TPSA) is 67.5 Å². The summed E-state index contributed by atoms with van der Waals surface area (Å²) in [5.41, 5.74) is 2.61. The molecule has 0 radical (unpaired) electrons. The minimum absolute atomic E-state index is 0.0253. The number of benzene rings is 1. The van der Waals surface area contributed by atoms with Crippen LogP contribution in [0.25, 0.3) is 0 Å². The molecule has 1 N–H and O–H groups in total. The fourth-order valence-electron chi connectivity index (χ4n) is 3.28. The Balaban J connectivity index is 1.82. The van der Waals surface area contributed by atoms with Crippen molar-refractivity contribution in [2.45, 2.75) is 25.7 Å². The summed E-state index contributed by atoms with van der Waals surface area (Å²) in [5, 5.41) is 7.34. The molecule has 1 fully saturated rings. The number of ether oxygens (including phenoxy) is 2. The lowest BCUT2D eigenvalue weighted by Crippen LogP contribution is -2.39. The summed E-state index contributed by atoms with van der Waals surface area (Å²) in [7, 11) is 3.13. The van der Waals surface area contributed by atoms with Crippen molar-refractivity contribution in [2.75, 3.05) is 27.3 Å². The maximum atomic E-state index is 13.0. The maximum absolute atomic E-state index is 13.0. The highest BCUT2D eigenvalue weighted by molar-refractivity contribution is 5.98. The Morgan fingerprint density at radius 2 is 2.17 bits per heavy atom. The number of nitrogens with one attached hydrogen (secondary N) is 1. The first-order valence-electron chi connectivity index (χ1n) is 8.16. The Hall–Kier alpha value is -2.50. The molecule has 1 aromatic heterocycles. The highest BCUT2D eigenvalue weighted by Crippen LogP contribution is 2.33. The minimum Gasteiger partial charge on any atom is -0.493 e. The zero-order chi connectivity index (χ0) is 17.1. The van der Waals surface area contributed by atoms with Gasteiger partial charge in [-0.25, -0.2) is 0 Å². The Morgan fingerprint density at radius 1 is 1.33 bits per heavy atom. The summed E-state index contributed by atoms with van der Waals surface area (Å²) in [6, 6.07) is 7.45. The van der Waals surface area contributed by atoms with E-state index in [9.17, 15) is 4.79 Å². The third-order valence-electron chi connectivity index (χ3n) is 4.49. The Morgan fingerprint density at radius 3 is 2.83 bits per heavy atom. The molecule has 0 bridgehead atoms. The summed E-state index contributed by atoms with van der Waals surface area (Å²) in [4.78, 5) is 14.9. The van der Waals surface area contributed by atoms with E-state index >= 15 is 0 Å². The van der Waals surface area contributed by atoms with Gasteiger partial charge >= 0.3 is 0 Å². The third-order valence-corrected chi connectivity index (χ3v) is 4.49. The summed E-state index contributed by atoms with van der Waals surface area (Å²) in [5.74, 6) is 1.30. The van der Waals surface area contributed by atoms with Gasteiger partial charge in [-0.15, -0.1) is 0 Å². The van der Waals surface area contributed by atoms with E-state index in [1.165, 1.54) is 0 Å². The lowest BCUT2D eigenvalue weighted by Gasteiger charge is -2.32. The number of carbonyl (C=O) groups is 1. The van der Waals surface area contributed by atoms with Gasteiger partial charge in [-0.2, -0.15) is 5.10 Å². The van der Waals surface area contributed by atoms with Gasteiger partial charge in [0.1, 0.15) is 0 Å². The number of rotatable bonds is 4. The molecule has 0 unspecified atom stereocenters. The predicted molar refractivity (Wildman–Crippen MR) is 90.7 cm³/mol. The van der Waals surface area contributed by atoms with Crippen LogP contribution in [-0.2, 0) is 0 Å². The lowest BCUT2D eigenvalue weighted by atomic mass is 9.94. The number of hydrogen-bond acceptors (Lipinski definition) is 4. The van der Waals surface area contributed by atoms with Gasteiger partial charge in [0.05, 0.1) is 25.5 Å². The number of piperidine rings is 1. The number of aromatic nitrogens is 2. The van der Waals surface area contributed by atoms with Crippen LogP contribution >= 0.6 is 0 Å². The van der Waals surface area contributed by atoms with Gasteiger partial charge in [0.15, 0.2) is 11.5 Å². The number of H-pyrrole nitrogens is 1. The van der Waals surface area contributed by atoms with Crippen LogP contribution in [0.2, 0.25) is 0 Å². The van der Waals surface area contributed by atoms with Crippen LogP contribution in [-0.4, -0.2) is 48.3 Å². The molecular formula is C18H23N3O3. The van der Waals surface area contributed by atoms with Crippen LogP contribution in [0, 0.1) is 6.92 Å². The van der Waals surface area contributed by atoms with E-state index in [2.05, 4.69) is 16.3 Å². The van der Waals surface area contributed by atoms with Crippen molar-refractivity contribution < 1.29 is 14.3 Å². The van der Waals surface area contributed by atoms with Gasteiger partial charge in [0, 0.05) is 24.7 Å². The first kappa shape index (κ1) is 16.4. The number of likely N-dealkylation sites (tertiary alicyclic amines) is 1. The summed E-state index contributed by atoms with van der Waals surface area (Å²) >= 11 is 0. The van der Waals surface area contributed by atoms with Crippen molar-refractivity contribution in [1.82, 2.24) is 15.1 Å². The molecule has 1 aliphatic heterocycles. The zero-order valence-electron chi connectivity index (χ0n) is 14.3. The average Bonchev–Trinajstić information content (AvgIpc) is 3.06. The molecule has 1 saturated heterocycles. The molecule has 128 valence electrons. The van der Waals surface area contributed by atoms with Gasteiger partial charge in [-0.3, -0.25) is 9.89 Å². The normalized spacial score (nSPS) is 17.6. The van der Waals surface area contributed by atoms with E-state index in [-0.39, 0.29) is 11.8 Å². The molecule has 0 spiro atoms. The second-order valence-corrected chi connectivity index (χ2v) is 6.11. The number of aromatic amines is 1. The molecule has 1 atom stereocenters.